The summed E-state index contributed by atoms with van der Waals surface area (Å²) >= 11 is 0. The van der Waals surface area contributed by atoms with Gasteiger partial charge in [-0.25, -0.2) is 4.79 Å². The van der Waals surface area contributed by atoms with Gasteiger partial charge in [0.25, 0.3) is 0 Å². The van der Waals surface area contributed by atoms with Gasteiger partial charge in [-0.1, -0.05) is 0 Å². The number of carbonyl (C=O) groups is 1. The molecule has 7 heteroatoms. The molecule has 0 atom stereocenters. The van der Waals surface area contributed by atoms with Crippen LogP contribution in [0.25, 0.3) is 11.0 Å². The second kappa shape index (κ2) is 7.40. The van der Waals surface area contributed by atoms with Gasteiger partial charge in [-0.05, 0) is 36.4 Å². The van der Waals surface area contributed by atoms with E-state index in [-0.39, 0.29) is 17.8 Å². The highest BCUT2D eigenvalue weighted by Gasteiger charge is 2.11. The lowest BCUT2D eigenvalue weighted by Gasteiger charge is -2.07. The molecule has 0 aliphatic heterocycles. The van der Waals surface area contributed by atoms with Crippen molar-refractivity contribution in [2.24, 2.45) is 0 Å². The summed E-state index contributed by atoms with van der Waals surface area (Å²) in [4.78, 5) is 23.9. The van der Waals surface area contributed by atoms with Crippen molar-refractivity contribution in [3.05, 3.63) is 64.5 Å². The van der Waals surface area contributed by atoms with E-state index in [0.717, 1.165) is 0 Å². The largest absolute Gasteiger partial charge is 0.479 e. The van der Waals surface area contributed by atoms with Gasteiger partial charge in [0.1, 0.15) is 29.4 Å². The standard InChI is InChI=1S/C19H13NO6/c1-23-19(22)12-2-4-13(5-3-12)26-17-11-25-16-10-14(24-9-8-20)6-7-15(16)18(17)21/h2-7,10-11H,9H2,1H3. The van der Waals surface area contributed by atoms with Crippen molar-refractivity contribution in [3.8, 4) is 23.3 Å². The molecule has 0 unspecified atom stereocenters. The van der Waals surface area contributed by atoms with Crippen LogP contribution in [0, 0.1) is 11.3 Å². The van der Waals surface area contributed by atoms with Crippen LogP contribution >= 0.6 is 0 Å². The molecule has 0 radical (unpaired) electrons. The molecule has 3 rings (SSSR count). The number of hydrogen-bond acceptors (Lipinski definition) is 7. The Labute approximate surface area is 147 Å². The monoisotopic (exact) mass is 351 g/mol. The first-order valence-electron chi connectivity index (χ1n) is 7.54. The number of ether oxygens (including phenoxy) is 3. The molecule has 2 aromatic carbocycles. The van der Waals surface area contributed by atoms with Crippen LogP contribution in [0.2, 0.25) is 0 Å². The predicted molar refractivity (Wildman–Crippen MR) is 91.4 cm³/mol. The molecule has 0 fully saturated rings. The molecule has 0 aliphatic carbocycles. The normalized spacial score (nSPS) is 10.2. The molecule has 0 saturated carbocycles. The van der Waals surface area contributed by atoms with Gasteiger partial charge in [-0.2, -0.15) is 5.26 Å². The minimum atomic E-state index is -0.462. The summed E-state index contributed by atoms with van der Waals surface area (Å²) in [5.41, 5.74) is 0.337. The Morgan fingerprint density at radius 3 is 2.58 bits per heavy atom. The Kier molecular flexibility index (Phi) is 4.85. The van der Waals surface area contributed by atoms with E-state index in [0.29, 0.717) is 28.0 Å². The summed E-state index contributed by atoms with van der Waals surface area (Å²) in [6, 6.07) is 12.7. The number of benzene rings is 2. The van der Waals surface area contributed by atoms with E-state index in [1.807, 2.05) is 6.07 Å². The van der Waals surface area contributed by atoms with Crippen molar-refractivity contribution in [2.45, 2.75) is 0 Å². The van der Waals surface area contributed by atoms with Crippen molar-refractivity contribution in [1.82, 2.24) is 0 Å². The summed E-state index contributed by atoms with van der Waals surface area (Å²) in [6.07, 6.45) is 1.20. The zero-order valence-electron chi connectivity index (χ0n) is 13.7. The van der Waals surface area contributed by atoms with E-state index >= 15 is 0 Å². The van der Waals surface area contributed by atoms with Crippen molar-refractivity contribution >= 4 is 16.9 Å². The van der Waals surface area contributed by atoms with Gasteiger partial charge in [-0.3, -0.25) is 4.79 Å². The first-order valence-corrected chi connectivity index (χ1v) is 7.54. The first-order chi connectivity index (χ1) is 12.6. The van der Waals surface area contributed by atoms with E-state index < -0.39 is 5.97 Å². The van der Waals surface area contributed by atoms with Crippen LogP contribution in [0.5, 0.6) is 17.2 Å². The number of esters is 1. The van der Waals surface area contributed by atoms with Gasteiger partial charge < -0.3 is 18.6 Å². The Bertz CT molecular complexity index is 1050. The van der Waals surface area contributed by atoms with Crippen LogP contribution in [-0.4, -0.2) is 19.7 Å². The van der Waals surface area contributed by atoms with Gasteiger partial charge in [0.15, 0.2) is 6.61 Å². The summed E-state index contributed by atoms with van der Waals surface area (Å²) in [6.45, 7) is -0.0987. The van der Waals surface area contributed by atoms with E-state index in [9.17, 15) is 9.59 Å². The minimum absolute atomic E-state index is 0.00834. The fraction of sp³-hybridized carbons (Fsp3) is 0.105. The number of rotatable bonds is 5. The number of carbonyl (C=O) groups excluding carboxylic acids is 1. The highest BCUT2D eigenvalue weighted by Crippen LogP contribution is 2.24. The number of nitriles is 1. The van der Waals surface area contributed by atoms with Crippen LogP contribution in [0.4, 0.5) is 0 Å². The third kappa shape index (κ3) is 3.49. The molecule has 3 aromatic rings. The van der Waals surface area contributed by atoms with Crippen LogP contribution in [-0.2, 0) is 4.74 Å². The Morgan fingerprint density at radius 1 is 1.15 bits per heavy atom. The van der Waals surface area contributed by atoms with Crippen LogP contribution in [0.3, 0.4) is 0 Å². The second-order valence-corrected chi connectivity index (χ2v) is 5.15. The number of hydrogen-bond donors (Lipinski definition) is 0. The zero-order valence-corrected chi connectivity index (χ0v) is 13.7. The summed E-state index contributed by atoms with van der Waals surface area (Å²) in [7, 11) is 1.30. The van der Waals surface area contributed by atoms with Gasteiger partial charge in [0.2, 0.25) is 11.2 Å². The minimum Gasteiger partial charge on any atom is -0.479 e. The molecule has 0 N–H and O–H groups in total. The molecule has 1 aromatic heterocycles. The lowest BCUT2D eigenvalue weighted by Crippen LogP contribution is -2.05. The lowest BCUT2D eigenvalue weighted by atomic mass is 10.2. The van der Waals surface area contributed by atoms with Crippen molar-refractivity contribution in [3.63, 3.8) is 0 Å². The fourth-order valence-corrected chi connectivity index (χ4v) is 2.27. The molecule has 0 saturated heterocycles. The number of fused-ring (bicyclic) bond motifs is 1. The smallest absolute Gasteiger partial charge is 0.337 e. The average Bonchev–Trinajstić information content (AvgIpc) is 2.68. The molecular formula is C19H13NO6. The van der Waals surface area contributed by atoms with E-state index in [1.54, 1.807) is 24.3 Å². The van der Waals surface area contributed by atoms with E-state index in [2.05, 4.69) is 4.74 Å². The maximum absolute atomic E-state index is 12.5. The highest BCUT2D eigenvalue weighted by atomic mass is 16.5. The molecule has 0 aliphatic rings. The molecular weight excluding hydrogens is 338 g/mol. The van der Waals surface area contributed by atoms with Gasteiger partial charge in [0, 0.05) is 6.07 Å². The van der Waals surface area contributed by atoms with Crippen LogP contribution in [0.1, 0.15) is 10.4 Å². The van der Waals surface area contributed by atoms with Crippen molar-refractivity contribution < 1.29 is 23.4 Å². The Morgan fingerprint density at radius 2 is 1.88 bits per heavy atom. The van der Waals surface area contributed by atoms with Crippen molar-refractivity contribution in [2.75, 3.05) is 13.7 Å². The van der Waals surface area contributed by atoms with Crippen molar-refractivity contribution in [1.29, 1.82) is 5.26 Å². The highest BCUT2D eigenvalue weighted by molar-refractivity contribution is 5.89. The number of methoxy groups -OCH3 is 1. The van der Waals surface area contributed by atoms with Crippen LogP contribution < -0.4 is 14.9 Å². The quantitative estimate of drug-likeness (QED) is 0.650. The number of nitrogens with zero attached hydrogens (tertiary/aromatic N) is 1. The SMILES string of the molecule is COC(=O)c1ccc(Oc2coc3cc(OCC#N)ccc3c2=O)cc1. The summed E-state index contributed by atoms with van der Waals surface area (Å²) < 4.78 is 20.8. The average molecular weight is 351 g/mol. The molecule has 130 valence electrons. The summed E-state index contributed by atoms with van der Waals surface area (Å²) in [5.74, 6) is 0.345. The third-order valence-electron chi connectivity index (χ3n) is 3.52. The van der Waals surface area contributed by atoms with Gasteiger partial charge >= 0.3 is 5.97 Å². The lowest BCUT2D eigenvalue weighted by molar-refractivity contribution is 0.0600. The molecule has 0 bridgehead atoms. The molecule has 0 spiro atoms. The Hall–Kier alpha value is -3.79. The maximum atomic E-state index is 12.5. The molecule has 7 nitrogen and oxygen atoms in total. The molecule has 0 amide bonds. The van der Waals surface area contributed by atoms with Gasteiger partial charge in [-0.15, -0.1) is 0 Å². The Balaban J connectivity index is 1.86. The molecule has 26 heavy (non-hydrogen) atoms. The fourth-order valence-electron chi connectivity index (χ4n) is 2.27. The van der Waals surface area contributed by atoms with E-state index in [4.69, 9.17) is 19.2 Å². The molecule has 1 heterocycles. The zero-order chi connectivity index (χ0) is 18.5. The predicted octanol–water partition coefficient (Wildman–Crippen LogP) is 3.27. The van der Waals surface area contributed by atoms with E-state index in [1.165, 1.54) is 31.6 Å². The third-order valence-corrected chi connectivity index (χ3v) is 3.52. The topological polar surface area (TPSA) is 98.8 Å². The van der Waals surface area contributed by atoms with Gasteiger partial charge in [0.05, 0.1) is 18.1 Å². The summed E-state index contributed by atoms with van der Waals surface area (Å²) in [5, 5.41) is 8.85. The van der Waals surface area contributed by atoms with Crippen LogP contribution in [0.15, 0.2) is 57.9 Å². The second-order valence-electron chi connectivity index (χ2n) is 5.15. The maximum Gasteiger partial charge on any atom is 0.337 e. The first kappa shape index (κ1) is 17.0.